The molecule has 0 amide bonds. The normalized spacial score (nSPS) is 10.4. The van der Waals surface area contributed by atoms with Gasteiger partial charge in [0.25, 0.3) is 0 Å². The van der Waals surface area contributed by atoms with Crippen LogP contribution in [0.3, 0.4) is 0 Å². The van der Waals surface area contributed by atoms with E-state index in [4.69, 9.17) is 5.73 Å². The van der Waals surface area contributed by atoms with Crippen LogP contribution in [-0.4, -0.2) is 17.3 Å². The molecule has 0 atom stereocenters. The number of halogens is 1. The molecule has 1 heterocycles. The third kappa shape index (κ3) is 4.98. The fourth-order valence-corrected chi connectivity index (χ4v) is 2.13. The minimum Gasteiger partial charge on any atom is -0.330 e. The van der Waals surface area contributed by atoms with Crippen LogP contribution >= 0.6 is 27.7 Å². The molecule has 1 aromatic rings. The average Bonchev–Trinajstić information content (AvgIpc) is 2.21. The molecule has 0 aliphatic heterocycles. The lowest BCUT2D eigenvalue weighted by molar-refractivity contribution is 0.732. The van der Waals surface area contributed by atoms with Crippen LogP contribution in [0.1, 0.15) is 19.3 Å². The first-order valence-corrected chi connectivity index (χ1v) is 6.55. The quantitative estimate of drug-likeness (QED) is 0.640. The van der Waals surface area contributed by atoms with Gasteiger partial charge in [0, 0.05) is 10.7 Å². The zero-order valence-electron chi connectivity index (χ0n) is 8.08. The van der Waals surface area contributed by atoms with Gasteiger partial charge in [0.05, 0.1) is 5.03 Å². The van der Waals surface area contributed by atoms with Gasteiger partial charge in [-0.1, -0.05) is 6.42 Å². The van der Waals surface area contributed by atoms with E-state index in [1.807, 2.05) is 18.3 Å². The molecule has 0 spiro atoms. The van der Waals surface area contributed by atoms with Crippen molar-refractivity contribution in [3.63, 3.8) is 0 Å². The summed E-state index contributed by atoms with van der Waals surface area (Å²) in [5.41, 5.74) is 5.41. The van der Waals surface area contributed by atoms with Crippen molar-refractivity contribution in [2.75, 3.05) is 12.3 Å². The number of rotatable bonds is 6. The summed E-state index contributed by atoms with van der Waals surface area (Å²) in [7, 11) is 0. The standard InChI is InChI=1S/C10H15BrN2S/c11-9-4-5-10(13-8-9)14-7-3-1-2-6-12/h4-5,8H,1-3,6-7,12H2. The third-order valence-electron chi connectivity index (χ3n) is 1.80. The second-order valence-corrected chi connectivity index (χ2v) is 5.04. The molecule has 0 aliphatic rings. The van der Waals surface area contributed by atoms with E-state index in [1.54, 1.807) is 11.8 Å². The predicted octanol–water partition coefficient (Wildman–Crippen LogP) is 3.07. The summed E-state index contributed by atoms with van der Waals surface area (Å²) in [5.74, 6) is 1.13. The van der Waals surface area contributed by atoms with Crippen LogP contribution < -0.4 is 5.73 Å². The molecule has 1 aromatic heterocycles. The van der Waals surface area contributed by atoms with E-state index in [-0.39, 0.29) is 0 Å². The smallest absolute Gasteiger partial charge is 0.0960 e. The maximum Gasteiger partial charge on any atom is 0.0960 e. The van der Waals surface area contributed by atoms with E-state index in [1.165, 1.54) is 12.8 Å². The summed E-state index contributed by atoms with van der Waals surface area (Å²) in [4.78, 5) is 4.29. The lowest BCUT2D eigenvalue weighted by atomic mass is 10.2. The van der Waals surface area contributed by atoms with Crippen molar-refractivity contribution in [3.05, 3.63) is 22.8 Å². The molecule has 2 N–H and O–H groups in total. The molecule has 0 aliphatic carbocycles. The Hall–Kier alpha value is -0.0600. The van der Waals surface area contributed by atoms with Crippen LogP contribution in [0, 0.1) is 0 Å². The predicted molar refractivity (Wildman–Crippen MR) is 65.6 cm³/mol. The molecule has 0 radical (unpaired) electrons. The minimum absolute atomic E-state index is 0.807. The minimum atomic E-state index is 0.807. The highest BCUT2D eigenvalue weighted by Gasteiger charge is 1.95. The number of hydrogen-bond acceptors (Lipinski definition) is 3. The van der Waals surface area contributed by atoms with Crippen molar-refractivity contribution in [1.82, 2.24) is 4.98 Å². The highest BCUT2D eigenvalue weighted by Crippen LogP contribution is 2.18. The maximum absolute atomic E-state index is 5.41. The van der Waals surface area contributed by atoms with Crippen molar-refractivity contribution >= 4 is 27.7 Å². The van der Waals surface area contributed by atoms with E-state index in [9.17, 15) is 0 Å². The Kier molecular flexibility index (Phi) is 6.23. The van der Waals surface area contributed by atoms with Gasteiger partial charge in [-0.3, -0.25) is 0 Å². The summed E-state index contributed by atoms with van der Waals surface area (Å²) in [6.45, 7) is 0.807. The van der Waals surface area contributed by atoms with Gasteiger partial charge in [-0.15, -0.1) is 11.8 Å². The topological polar surface area (TPSA) is 38.9 Å². The number of pyridine rings is 1. The Morgan fingerprint density at radius 2 is 2.14 bits per heavy atom. The van der Waals surface area contributed by atoms with Gasteiger partial charge in [0.1, 0.15) is 0 Å². The molecule has 0 saturated heterocycles. The number of nitrogens with two attached hydrogens (primary N) is 1. The maximum atomic E-state index is 5.41. The van der Waals surface area contributed by atoms with E-state index in [2.05, 4.69) is 20.9 Å². The fraction of sp³-hybridized carbons (Fsp3) is 0.500. The fourth-order valence-electron chi connectivity index (χ4n) is 1.05. The second-order valence-electron chi connectivity index (χ2n) is 3.01. The highest BCUT2D eigenvalue weighted by atomic mass is 79.9. The van der Waals surface area contributed by atoms with Crippen molar-refractivity contribution in [2.24, 2.45) is 5.73 Å². The Balaban J connectivity index is 2.15. The largest absolute Gasteiger partial charge is 0.330 e. The SMILES string of the molecule is NCCCCCSc1ccc(Br)cn1. The summed E-state index contributed by atoms with van der Waals surface area (Å²) < 4.78 is 1.03. The number of thioether (sulfide) groups is 1. The van der Waals surface area contributed by atoms with Crippen LogP contribution in [0.4, 0.5) is 0 Å². The summed E-state index contributed by atoms with van der Waals surface area (Å²) in [6.07, 6.45) is 5.41. The van der Waals surface area contributed by atoms with Gasteiger partial charge < -0.3 is 5.73 Å². The van der Waals surface area contributed by atoms with Crippen LogP contribution in [0.15, 0.2) is 27.8 Å². The summed E-state index contributed by atoms with van der Waals surface area (Å²) in [5, 5.41) is 1.10. The number of aromatic nitrogens is 1. The Morgan fingerprint density at radius 3 is 2.79 bits per heavy atom. The molecule has 78 valence electrons. The number of unbranched alkanes of at least 4 members (excludes halogenated alkanes) is 2. The molecule has 0 saturated carbocycles. The first-order valence-electron chi connectivity index (χ1n) is 4.77. The van der Waals surface area contributed by atoms with Gasteiger partial charge in [-0.05, 0) is 53.2 Å². The van der Waals surface area contributed by atoms with Gasteiger partial charge in [0.15, 0.2) is 0 Å². The van der Waals surface area contributed by atoms with Gasteiger partial charge >= 0.3 is 0 Å². The first-order chi connectivity index (χ1) is 6.83. The molecule has 0 unspecified atom stereocenters. The number of hydrogen-bond donors (Lipinski definition) is 1. The van der Waals surface area contributed by atoms with Crippen molar-refractivity contribution in [2.45, 2.75) is 24.3 Å². The van der Waals surface area contributed by atoms with Crippen LogP contribution in [0.5, 0.6) is 0 Å². The molecule has 1 rings (SSSR count). The van der Waals surface area contributed by atoms with Crippen LogP contribution in [0.2, 0.25) is 0 Å². The Labute approximate surface area is 97.8 Å². The van der Waals surface area contributed by atoms with Gasteiger partial charge in [-0.25, -0.2) is 4.98 Å². The van der Waals surface area contributed by atoms with E-state index < -0.39 is 0 Å². The summed E-state index contributed by atoms with van der Waals surface area (Å²) >= 11 is 5.17. The average molecular weight is 275 g/mol. The molecular weight excluding hydrogens is 260 g/mol. The van der Waals surface area contributed by atoms with Crippen molar-refractivity contribution < 1.29 is 0 Å². The van der Waals surface area contributed by atoms with Crippen LogP contribution in [0.25, 0.3) is 0 Å². The van der Waals surface area contributed by atoms with Crippen molar-refractivity contribution in [3.8, 4) is 0 Å². The van der Waals surface area contributed by atoms with Crippen LogP contribution in [-0.2, 0) is 0 Å². The lowest BCUT2D eigenvalue weighted by Crippen LogP contribution is -1.97. The Morgan fingerprint density at radius 1 is 1.29 bits per heavy atom. The monoisotopic (exact) mass is 274 g/mol. The molecule has 4 heteroatoms. The lowest BCUT2D eigenvalue weighted by Gasteiger charge is -2.00. The first kappa shape index (κ1) is 12.0. The number of nitrogens with zero attached hydrogens (tertiary/aromatic N) is 1. The molecule has 0 aromatic carbocycles. The molecule has 2 nitrogen and oxygen atoms in total. The highest BCUT2D eigenvalue weighted by molar-refractivity contribution is 9.10. The Bertz CT molecular complexity index is 251. The second kappa shape index (κ2) is 7.26. The molecule has 0 fully saturated rings. The zero-order valence-corrected chi connectivity index (χ0v) is 10.5. The van der Waals surface area contributed by atoms with Crippen molar-refractivity contribution in [1.29, 1.82) is 0 Å². The third-order valence-corrected chi connectivity index (χ3v) is 3.30. The molecular formula is C10H15BrN2S. The van der Waals surface area contributed by atoms with Gasteiger partial charge in [0.2, 0.25) is 0 Å². The zero-order chi connectivity index (χ0) is 10.2. The van der Waals surface area contributed by atoms with E-state index in [0.717, 1.165) is 28.2 Å². The summed E-state index contributed by atoms with van der Waals surface area (Å²) in [6, 6.07) is 4.06. The molecule has 14 heavy (non-hydrogen) atoms. The van der Waals surface area contributed by atoms with Gasteiger partial charge in [-0.2, -0.15) is 0 Å². The molecule has 0 bridgehead atoms. The van der Waals surface area contributed by atoms with E-state index >= 15 is 0 Å². The van der Waals surface area contributed by atoms with E-state index in [0.29, 0.717) is 0 Å².